The summed E-state index contributed by atoms with van der Waals surface area (Å²) in [5, 5.41) is 3.65. The molecule has 0 bridgehead atoms. The summed E-state index contributed by atoms with van der Waals surface area (Å²) in [5.74, 6) is -0.919. The summed E-state index contributed by atoms with van der Waals surface area (Å²) in [6.07, 6.45) is 1.43. The summed E-state index contributed by atoms with van der Waals surface area (Å²) in [5.41, 5.74) is 2.24. The van der Waals surface area contributed by atoms with E-state index in [1.807, 2.05) is 0 Å². The molecule has 0 atom stereocenters. The van der Waals surface area contributed by atoms with E-state index in [9.17, 15) is 14.4 Å². The van der Waals surface area contributed by atoms with Crippen molar-refractivity contribution in [3.8, 4) is 5.75 Å². The van der Waals surface area contributed by atoms with Crippen LogP contribution in [-0.2, 0) is 16.2 Å². The van der Waals surface area contributed by atoms with E-state index in [-0.39, 0.29) is 17.9 Å². The quantitative estimate of drug-likeness (QED) is 0.189. The number of nitrogens with one attached hydrogen (secondary N) is 1. The van der Waals surface area contributed by atoms with Crippen molar-refractivity contribution >= 4 is 87.0 Å². The zero-order valence-electron chi connectivity index (χ0n) is 18.1. The molecule has 0 unspecified atom stereocenters. The Labute approximate surface area is 229 Å². The maximum absolute atomic E-state index is 13.1. The molecule has 10 heteroatoms. The fraction of sp³-hybridized carbons (Fsp3) is 0.0800. The van der Waals surface area contributed by atoms with Crippen molar-refractivity contribution in [1.82, 2.24) is 5.32 Å². The average Bonchev–Trinajstić information content (AvgIpc) is 2.79. The molecular formula is C25H16Cl3IN2O4. The molecule has 0 spiro atoms. The Hall–Kier alpha value is -2.59. The van der Waals surface area contributed by atoms with Crippen molar-refractivity contribution < 1.29 is 19.1 Å². The topological polar surface area (TPSA) is 75.7 Å². The van der Waals surface area contributed by atoms with Gasteiger partial charge in [-0.2, -0.15) is 0 Å². The number of imide groups is 2. The van der Waals surface area contributed by atoms with Gasteiger partial charge >= 0.3 is 6.03 Å². The van der Waals surface area contributed by atoms with Crippen LogP contribution in [0.25, 0.3) is 6.08 Å². The number of anilines is 1. The minimum absolute atomic E-state index is 0.182. The molecule has 0 radical (unpaired) electrons. The summed E-state index contributed by atoms with van der Waals surface area (Å²) < 4.78 is 6.63. The molecular weight excluding hydrogens is 626 g/mol. The van der Waals surface area contributed by atoms with E-state index in [1.54, 1.807) is 55.5 Å². The monoisotopic (exact) mass is 640 g/mol. The number of ether oxygens (including phenoxy) is 1. The van der Waals surface area contributed by atoms with Crippen LogP contribution in [0.15, 0.2) is 60.2 Å². The highest BCUT2D eigenvalue weighted by Gasteiger charge is 2.37. The summed E-state index contributed by atoms with van der Waals surface area (Å²) in [7, 11) is 0. The number of carbonyl (C=O) groups excluding carboxylic acids is 3. The van der Waals surface area contributed by atoms with Gasteiger partial charge in [-0.25, -0.2) is 9.69 Å². The summed E-state index contributed by atoms with van der Waals surface area (Å²) in [6.45, 7) is 2.04. The lowest BCUT2D eigenvalue weighted by Crippen LogP contribution is -2.54. The fourth-order valence-electron chi connectivity index (χ4n) is 3.30. The number of nitrogens with zero attached hydrogens (tertiary/aromatic N) is 1. The predicted octanol–water partition coefficient (Wildman–Crippen LogP) is 6.81. The highest BCUT2D eigenvalue weighted by atomic mass is 127. The molecule has 4 amide bonds. The summed E-state index contributed by atoms with van der Waals surface area (Å²) >= 11 is 20.4. The number of hydrogen-bond acceptors (Lipinski definition) is 4. The molecule has 1 N–H and O–H groups in total. The first-order valence-corrected chi connectivity index (χ1v) is 12.4. The number of benzene rings is 3. The second-order valence-corrected chi connectivity index (χ2v) is 10.0. The zero-order valence-corrected chi connectivity index (χ0v) is 22.5. The van der Waals surface area contributed by atoms with Crippen LogP contribution in [0, 0.1) is 10.5 Å². The SMILES string of the molecule is Cc1ccc(N2C(=O)NC(=O)/C(=C/c3ccc(OCc4ccc(Cl)cc4Cl)c(I)c3)C2=O)cc1Cl. The van der Waals surface area contributed by atoms with Crippen LogP contribution in [0.2, 0.25) is 15.1 Å². The Morgan fingerprint density at radius 3 is 2.43 bits per heavy atom. The fourth-order valence-corrected chi connectivity index (χ4v) is 4.63. The van der Waals surface area contributed by atoms with Crippen molar-refractivity contribution in [3.05, 3.63) is 95.5 Å². The number of amides is 4. The summed E-state index contributed by atoms with van der Waals surface area (Å²) in [6, 6.07) is 14.3. The van der Waals surface area contributed by atoms with E-state index < -0.39 is 17.8 Å². The Morgan fingerprint density at radius 2 is 1.74 bits per heavy atom. The van der Waals surface area contributed by atoms with Crippen molar-refractivity contribution in [1.29, 1.82) is 0 Å². The van der Waals surface area contributed by atoms with Gasteiger partial charge in [0.1, 0.15) is 17.9 Å². The Morgan fingerprint density at radius 1 is 0.971 bits per heavy atom. The van der Waals surface area contributed by atoms with Gasteiger partial charge in [0.15, 0.2) is 0 Å². The van der Waals surface area contributed by atoms with E-state index in [0.29, 0.717) is 26.4 Å². The van der Waals surface area contributed by atoms with Crippen LogP contribution in [0.3, 0.4) is 0 Å². The summed E-state index contributed by atoms with van der Waals surface area (Å²) in [4.78, 5) is 38.9. The first kappa shape index (κ1) is 25.5. The van der Waals surface area contributed by atoms with Crippen LogP contribution in [0.5, 0.6) is 5.75 Å². The lowest BCUT2D eigenvalue weighted by molar-refractivity contribution is -0.122. The van der Waals surface area contributed by atoms with Crippen LogP contribution in [0.1, 0.15) is 16.7 Å². The van der Waals surface area contributed by atoms with E-state index >= 15 is 0 Å². The largest absolute Gasteiger partial charge is 0.488 e. The van der Waals surface area contributed by atoms with Gasteiger partial charge in [0, 0.05) is 20.6 Å². The molecule has 0 aliphatic carbocycles. The van der Waals surface area contributed by atoms with Crippen LogP contribution < -0.4 is 15.0 Å². The van der Waals surface area contributed by atoms with Crippen LogP contribution in [-0.4, -0.2) is 17.8 Å². The van der Waals surface area contributed by atoms with E-state index in [2.05, 4.69) is 27.9 Å². The van der Waals surface area contributed by atoms with Gasteiger partial charge in [0.25, 0.3) is 11.8 Å². The normalized spacial score (nSPS) is 14.9. The minimum atomic E-state index is -0.837. The van der Waals surface area contributed by atoms with Crippen molar-refractivity contribution in [2.75, 3.05) is 4.90 Å². The Balaban J connectivity index is 1.57. The van der Waals surface area contributed by atoms with Gasteiger partial charge in [-0.3, -0.25) is 14.9 Å². The number of carbonyl (C=O) groups is 3. The number of hydrogen-bond donors (Lipinski definition) is 1. The second kappa shape index (κ2) is 10.6. The molecule has 3 aromatic rings. The molecule has 1 saturated heterocycles. The van der Waals surface area contributed by atoms with E-state index in [1.165, 1.54) is 12.1 Å². The Kier molecular flexibility index (Phi) is 7.70. The van der Waals surface area contributed by atoms with Crippen molar-refractivity contribution in [3.63, 3.8) is 0 Å². The van der Waals surface area contributed by atoms with Crippen LogP contribution in [0.4, 0.5) is 10.5 Å². The molecule has 178 valence electrons. The lowest BCUT2D eigenvalue weighted by atomic mass is 10.1. The maximum atomic E-state index is 13.1. The first-order valence-electron chi connectivity index (χ1n) is 10.2. The van der Waals surface area contributed by atoms with Crippen LogP contribution >= 0.6 is 57.4 Å². The van der Waals surface area contributed by atoms with Gasteiger partial charge in [0.05, 0.1) is 9.26 Å². The van der Waals surface area contributed by atoms with E-state index in [4.69, 9.17) is 39.5 Å². The highest BCUT2D eigenvalue weighted by molar-refractivity contribution is 14.1. The zero-order chi connectivity index (χ0) is 25.3. The number of halogens is 4. The third kappa shape index (κ3) is 5.64. The van der Waals surface area contributed by atoms with Gasteiger partial charge in [-0.05, 0) is 83.1 Å². The molecule has 1 heterocycles. The molecule has 3 aromatic carbocycles. The minimum Gasteiger partial charge on any atom is -0.488 e. The van der Waals surface area contributed by atoms with E-state index in [0.717, 1.165) is 19.6 Å². The maximum Gasteiger partial charge on any atom is 0.335 e. The smallest absolute Gasteiger partial charge is 0.335 e. The molecule has 1 fully saturated rings. The molecule has 0 saturated carbocycles. The van der Waals surface area contributed by atoms with Gasteiger partial charge in [-0.1, -0.05) is 53.0 Å². The number of urea groups is 1. The second-order valence-electron chi connectivity index (χ2n) is 7.61. The van der Waals surface area contributed by atoms with Gasteiger partial charge < -0.3 is 4.74 Å². The number of barbiturate groups is 1. The van der Waals surface area contributed by atoms with Gasteiger partial charge in [-0.15, -0.1) is 0 Å². The number of rotatable bonds is 5. The van der Waals surface area contributed by atoms with Gasteiger partial charge in [0.2, 0.25) is 0 Å². The molecule has 1 aliphatic heterocycles. The standard InChI is InChI=1S/C25H16Cl3IN2O4/c1-13-2-6-17(11-19(13)27)31-24(33)18(23(32)30-25(31)34)8-14-3-7-22(21(29)9-14)35-12-15-4-5-16(26)10-20(15)28/h2-11H,12H2,1H3,(H,30,32,34)/b18-8-. The first-order chi connectivity index (χ1) is 16.6. The average molecular weight is 642 g/mol. The molecule has 0 aromatic heterocycles. The predicted molar refractivity (Wildman–Crippen MR) is 145 cm³/mol. The van der Waals surface area contributed by atoms with Crippen molar-refractivity contribution in [2.45, 2.75) is 13.5 Å². The molecule has 4 rings (SSSR count). The lowest BCUT2D eigenvalue weighted by Gasteiger charge is -2.26. The Bertz CT molecular complexity index is 1410. The molecule has 1 aliphatic rings. The van der Waals surface area contributed by atoms with Crippen molar-refractivity contribution in [2.24, 2.45) is 0 Å². The molecule has 6 nitrogen and oxygen atoms in total. The third-order valence-corrected chi connectivity index (χ3v) is 7.02. The third-order valence-electron chi connectivity index (χ3n) is 5.18. The molecule has 35 heavy (non-hydrogen) atoms. The highest BCUT2D eigenvalue weighted by Crippen LogP contribution is 2.29. The number of aryl methyl sites for hydroxylation is 1.